The zero-order chi connectivity index (χ0) is 20.7. The molecule has 1 aliphatic carbocycles. The number of carboxylic acid groups (broad SMARTS) is 1. The summed E-state index contributed by atoms with van der Waals surface area (Å²) in [5.41, 5.74) is 2.06. The van der Waals surface area contributed by atoms with Gasteiger partial charge in [0.2, 0.25) is 0 Å². The molecule has 0 unspecified atom stereocenters. The molecule has 0 radical (unpaired) electrons. The third kappa shape index (κ3) is 5.25. The van der Waals surface area contributed by atoms with Crippen LogP contribution in [0.2, 0.25) is 0 Å². The van der Waals surface area contributed by atoms with Crippen LogP contribution in [-0.4, -0.2) is 46.6 Å². The maximum atomic E-state index is 9.52. The average Bonchev–Trinajstić information content (AvgIpc) is 3.16. The number of hydrogen-bond acceptors (Lipinski definition) is 5. The first-order valence-electron chi connectivity index (χ1n) is 9.47. The Balaban J connectivity index is 0.000000640. The molecular formula is C21H30N2O5. The van der Waals surface area contributed by atoms with Crippen LogP contribution in [0.3, 0.4) is 0 Å². The van der Waals surface area contributed by atoms with Crippen molar-refractivity contribution in [3.63, 3.8) is 0 Å². The van der Waals surface area contributed by atoms with Crippen molar-refractivity contribution in [2.75, 3.05) is 20.8 Å². The summed E-state index contributed by atoms with van der Waals surface area (Å²) < 4.78 is 13.3. The third-order valence-corrected chi connectivity index (χ3v) is 4.94. The van der Waals surface area contributed by atoms with Gasteiger partial charge in [0.05, 0.1) is 19.8 Å². The van der Waals surface area contributed by atoms with Crippen LogP contribution in [0.4, 0.5) is 0 Å². The number of benzene rings is 1. The standard InChI is InChI=1S/C19H26N2O3.C2H4O2/c1-13-9-16(18(24-3)17(10-13)23-2)19-20-7-8-21(19)15-6-4-5-14(11-15)12-22;1-2(3)4/h7-10,14-15,22H,4-6,11-12H2,1-3H3;1H3,(H,3,4)/t14-,15-;/m1./s1. The van der Waals surface area contributed by atoms with Crippen molar-refractivity contribution in [3.8, 4) is 22.9 Å². The van der Waals surface area contributed by atoms with Crippen LogP contribution in [0.1, 0.15) is 44.2 Å². The molecule has 1 heterocycles. The molecular weight excluding hydrogens is 360 g/mol. The van der Waals surface area contributed by atoms with Crippen molar-refractivity contribution < 1.29 is 24.5 Å². The molecule has 1 fully saturated rings. The maximum absolute atomic E-state index is 9.52. The Morgan fingerprint density at radius 2 is 2.00 bits per heavy atom. The Kier molecular flexibility index (Phi) is 7.87. The molecule has 1 saturated carbocycles. The van der Waals surface area contributed by atoms with E-state index in [0.717, 1.165) is 55.3 Å². The van der Waals surface area contributed by atoms with E-state index in [9.17, 15) is 5.11 Å². The van der Waals surface area contributed by atoms with Gasteiger partial charge in [0.1, 0.15) is 5.82 Å². The van der Waals surface area contributed by atoms with Crippen molar-refractivity contribution >= 4 is 5.97 Å². The Morgan fingerprint density at radius 1 is 1.29 bits per heavy atom. The first-order chi connectivity index (χ1) is 13.4. The molecule has 1 aromatic heterocycles. The molecule has 1 aromatic carbocycles. The molecule has 0 bridgehead atoms. The number of aryl methyl sites for hydroxylation is 1. The van der Waals surface area contributed by atoms with Gasteiger partial charge in [-0.25, -0.2) is 4.98 Å². The highest BCUT2D eigenvalue weighted by atomic mass is 16.5. The van der Waals surface area contributed by atoms with Gasteiger partial charge in [0.25, 0.3) is 5.97 Å². The number of hydrogen-bond donors (Lipinski definition) is 2. The van der Waals surface area contributed by atoms with E-state index in [0.29, 0.717) is 17.7 Å². The summed E-state index contributed by atoms with van der Waals surface area (Å²) in [5, 5.41) is 16.9. The van der Waals surface area contributed by atoms with E-state index in [1.807, 2.05) is 25.4 Å². The lowest BCUT2D eigenvalue weighted by molar-refractivity contribution is -0.134. The Morgan fingerprint density at radius 3 is 2.61 bits per heavy atom. The number of aromatic nitrogens is 2. The van der Waals surface area contributed by atoms with E-state index >= 15 is 0 Å². The minimum absolute atomic E-state index is 0.266. The van der Waals surface area contributed by atoms with Gasteiger partial charge in [-0.15, -0.1) is 0 Å². The monoisotopic (exact) mass is 390 g/mol. The van der Waals surface area contributed by atoms with Crippen molar-refractivity contribution in [1.82, 2.24) is 9.55 Å². The molecule has 2 aromatic rings. The van der Waals surface area contributed by atoms with Gasteiger partial charge in [-0.2, -0.15) is 0 Å². The topological polar surface area (TPSA) is 93.8 Å². The summed E-state index contributed by atoms with van der Waals surface area (Å²) in [7, 11) is 3.31. The number of carbonyl (C=O) groups is 1. The van der Waals surface area contributed by atoms with Crippen LogP contribution >= 0.6 is 0 Å². The number of imidazole rings is 1. The molecule has 0 saturated heterocycles. The number of aliphatic hydroxyl groups is 1. The molecule has 0 aliphatic heterocycles. The zero-order valence-corrected chi connectivity index (χ0v) is 17.0. The van der Waals surface area contributed by atoms with Crippen LogP contribution < -0.4 is 9.47 Å². The second-order valence-corrected chi connectivity index (χ2v) is 7.09. The van der Waals surface area contributed by atoms with E-state index < -0.39 is 5.97 Å². The number of methoxy groups -OCH3 is 2. The molecule has 7 nitrogen and oxygen atoms in total. The molecule has 7 heteroatoms. The third-order valence-electron chi connectivity index (χ3n) is 4.94. The molecule has 28 heavy (non-hydrogen) atoms. The van der Waals surface area contributed by atoms with Gasteiger partial charge in [0, 0.05) is 32.0 Å². The van der Waals surface area contributed by atoms with Crippen molar-refractivity contribution in [3.05, 3.63) is 30.1 Å². The fraction of sp³-hybridized carbons (Fsp3) is 0.524. The van der Waals surface area contributed by atoms with Crippen molar-refractivity contribution in [2.45, 2.75) is 45.6 Å². The van der Waals surface area contributed by atoms with Crippen molar-refractivity contribution in [1.29, 1.82) is 0 Å². The van der Waals surface area contributed by atoms with Gasteiger partial charge in [0.15, 0.2) is 11.5 Å². The summed E-state index contributed by atoms with van der Waals surface area (Å²) in [5.74, 6) is 1.88. The summed E-state index contributed by atoms with van der Waals surface area (Å²) >= 11 is 0. The number of aliphatic carboxylic acids is 1. The van der Waals surface area contributed by atoms with E-state index in [2.05, 4.69) is 15.6 Å². The van der Waals surface area contributed by atoms with Gasteiger partial charge >= 0.3 is 0 Å². The van der Waals surface area contributed by atoms with E-state index in [-0.39, 0.29) is 6.61 Å². The molecule has 0 spiro atoms. The van der Waals surface area contributed by atoms with Crippen LogP contribution in [0.15, 0.2) is 24.5 Å². The van der Waals surface area contributed by atoms with Gasteiger partial charge in [-0.3, -0.25) is 4.79 Å². The predicted octanol–water partition coefficient (Wildman–Crippen LogP) is 3.69. The molecule has 154 valence electrons. The quantitative estimate of drug-likeness (QED) is 0.809. The first kappa shape index (κ1) is 21.8. The highest BCUT2D eigenvalue weighted by Crippen LogP contribution is 2.41. The molecule has 2 N–H and O–H groups in total. The number of ether oxygens (including phenoxy) is 2. The summed E-state index contributed by atoms with van der Waals surface area (Å²) in [4.78, 5) is 13.6. The van der Waals surface area contributed by atoms with E-state index in [1.165, 1.54) is 0 Å². The molecule has 1 aliphatic rings. The van der Waals surface area contributed by atoms with Gasteiger partial charge in [-0.05, 0) is 49.8 Å². The van der Waals surface area contributed by atoms with Crippen LogP contribution in [-0.2, 0) is 4.79 Å². The van der Waals surface area contributed by atoms with Gasteiger partial charge in [-0.1, -0.05) is 6.42 Å². The Bertz CT molecular complexity index is 783. The van der Waals surface area contributed by atoms with Crippen LogP contribution in [0.5, 0.6) is 11.5 Å². The predicted molar refractivity (Wildman–Crippen MR) is 107 cm³/mol. The smallest absolute Gasteiger partial charge is 0.300 e. The summed E-state index contributed by atoms with van der Waals surface area (Å²) in [6, 6.07) is 4.43. The average molecular weight is 390 g/mol. The SMILES string of the molecule is CC(=O)O.COc1cc(C)cc(-c2nccn2[C@@H]2CCC[C@@H](CO)C2)c1OC. The number of carboxylic acids is 1. The zero-order valence-electron chi connectivity index (χ0n) is 17.0. The second-order valence-electron chi connectivity index (χ2n) is 7.09. The van der Waals surface area contributed by atoms with Crippen molar-refractivity contribution in [2.24, 2.45) is 5.92 Å². The highest BCUT2D eigenvalue weighted by Gasteiger charge is 2.26. The summed E-state index contributed by atoms with van der Waals surface area (Å²) in [6.45, 7) is 3.39. The second kappa shape index (κ2) is 10.1. The van der Waals surface area contributed by atoms with Crippen LogP contribution in [0.25, 0.3) is 11.4 Å². The number of rotatable bonds is 5. The van der Waals surface area contributed by atoms with E-state index in [4.69, 9.17) is 19.4 Å². The lowest BCUT2D eigenvalue weighted by atomic mass is 9.86. The molecule has 0 amide bonds. The number of aliphatic hydroxyl groups excluding tert-OH is 1. The molecule has 3 rings (SSSR count). The Labute approximate surface area is 165 Å². The lowest BCUT2D eigenvalue weighted by Gasteiger charge is -2.30. The molecule has 2 atom stereocenters. The maximum Gasteiger partial charge on any atom is 0.300 e. The number of nitrogens with zero attached hydrogens (tertiary/aromatic N) is 2. The fourth-order valence-electron chi connectivity index (χ4n) is 3.77. The lowest BCUT2D eigenvalue weighted by Crippen LogP contribution is -2.21. The fourth-order valence-corrected chi connectivity index (χ4v) is 3.77. The minimum atomic E-state index is -0.833. The Hall–Kier alpha value is -2.54. The summed E-state index contributed by atoms with van der Waals surface area (Å²) in [6.07, 6.45) is 8.23. The first-order valence-corrected chi connectivity index (χ1v) is 9.47. The van der Waals surface area contributed by atoms with Gasteiger partial charge < -0.3 is 24.3 Å². The van der Waals surface area contributed by atoms with Crippen LogP contribution in [0, 0.1) is 12.8 Å². The largest absolute Gasteiger partial charge is 0.493 e. The van der Waals surface area contributed by atoms with E-state index in [1.54, 1.807) is 14.2 Å². The highest BCUT2D eigenvalue weighted by molar-refractivity contribution is 5.70. The normalized spacial score (nSPS) is 18.8. The minimum Gasteiger partial charge on any atom is -0.493 e.